The minimum absolute atomic E-state index is 0.601. The van der Waals surface area contributed by atoms with E-state index in [4.69, 9.17) is 12.2 Å². The van der Waals surface area contributed by atoms with Crippen molar-refractivity contribution in [3.05, 3.63) is 40.6 Å². The number of pyridine rings is 1. The van der Waals surface area contributed by atoms with Gasteiger partial charge in [0.25, 0.3) is 0 Å². The zero-order valence-corrected chi connectivity index (χ0v) is 9.43. The molecule has 0 aliphatic heterocycles. The largest absolute Gasteiger partial charge is 0.343 e. The predicted molar refractivity (Wildman–Crippen MR) is 62.1 cm³/mol. The normalized spacial score (nSPS) is 10.3. The van der Waals surface area contributed by atoms with Crippen molar-refractivity contribution in [3.63, 3.8) is 0 Å². The highest BCUT2D eigenvalue weighted by Gasteiger charge is 2.02. The Bertz CT molecular complexity index is 546. The summed E-state index contributed by atoms with van der Waals surface area (Å²) in [6, 6.07) is 3.83. The molecule has 0 aliphatic rings. The predicted octanol–water partition coefficient (Wildman–Crippen LogP) is 2.82. The zero-order valence-electron chi connectivity index (χ0n) is 8.61. The highest BCUT2D eigenvalue weighted by Crippen LogP contribution is 2.19. The van der Waals surface area contributed by atoms with E-state index in [1.54, 1.807) is 6.20 Å². The Morgan fingerprint density at radius 3 is 2.80 bits per heavy atom. The fourth-order valence-corrected chi connectivity index (χ4v) is 1.73. The zero-order chi connectivity index (χ0) is 10.8. The van der Waals surface area contributed by atoms with Gasteiger partial charge < -0.3 is 4.98 Å². The molecule has 15 heavy (non-hydrogen) atoms. The van der Waals surface area contributed by atoms with Gasteiger partial charge in [0.05, 0.1) is 5.69 Å². The van der Waals surface area contributed by atoms with Crippen LogP contribution in [0.1, 0.15) is 11.4 Å². The Labute approximate surface area is 93.2 Å². The van der Waals surface area contributed by atoms with Gasteiger partial charge in [-0.25, -0.2) is 4.98 Å². The maximum absolute atomic E-state index is 5.08. The molecular weight excluding hydrogens is 206 g/mol. The van der Waals surface area contributed by atoms with Crippen molar-refractivity contribution in [3.8, 4) is 11.3 Å². The number of nitrogens with zero attached hydrogens (tertiary/aromatic N) is 2. The molecule has 3 nitrogen and oxygen atoms in total. The first-order valence-corrected chi connectivity index (χ1v) is 5.06. The van der Waals surface area contributed by atoms with Gasteiger partial charge in [0, 0.05) is 18.0 Å². The SMILES string of the molecule is Cc1nc(=S)cc(-c2cnccc2C)[nH]1. The Balaban J connectivity index is 2.64. The molecule has 0 saturated carbocycles. The Morgan fingerprint density at radius 1 is 1.33 bits per heavy atom. The first kappa shape index (κ1) is 9.98. The number of nitrogens with one attached hydrogen (secondary N) is 1. The number of hydrogen-bond donors (Lipinski definition) is 1. The second kappa shape index (κ2) is 3.90. The van der Waals surface area contributed by atoms with Crippen molar-refractivity contribution < 1.29 is 0 Å². The Hall–Kier alpha value is -1.55. The quantitative estimate of drug-likeness (QED) is 0.747. The molecular formula is C11H11N3S. The molecule has 0 spiro atoms. The van der Waals surface area contributed by atoms with Crippen molar-refractivity contribution in [2.75, 3.05) is 0 Å². The molecule has 0 radical (unpaired) electrons. The molecule has 2 aromatic rings. The van der Waals surface area contributed by atoms with Gasteiger partial charge in [0.2, 0.25) is 0 Å². The first-order valence-electron chi connectivity index (χ1n) is 4.66. The summed E-state index contributed by atoms with van der Waals surface area (Å²) >= 11 is 5.08. The van der Waals surface area contributed by atoms with Crippen LogP contribution in [0, 0.1) is 18.5 Å². The van der Waals surface area contributed by atoms with Crippen molar-refractivity contribution in [1.82, 2.24) is 15.0 Å². The molecule has 0 aromatic carbocycles. The van der Waals surface area contributed by atoms with Crippen LogP contribution < -0.4 is 0 Å². The van der Waals surface area contributed by atoms with Crippen molar-refractivity contribution >= 4 is 12.2 Å². The average Bonchev–Trinajstić information content (AvgIpc) is 2.16. The molecule has 0 fully saturated rings. The molecule has 1 N–H and O–H groups in total. The van der Waals surface area contributed by atoms with Crippen LogP contribution in [-0.2, 0) is 0 Å². The first-order chi connectivity index (χ1) is 7.16. The maximum Gasteiger partial charge on any atom is 0.130 e. The van der Waals surface area contributed by atoms with Gasteiger partial charge in [0.15, 0.2) is 0 Å². The van der Waals surface area contributed by atoms with E-state index in [1.165, 1.54) is 5.56 Å². The van der Waals surface area contributed by atoms with E-state index < -0.39 is 0 Å². The second-order valence-electron chi connectivity index (χ2n) is 3.41. The highest BCUT2D eigenvalue weighted by atomic mass is 32.1. The second-order valence-corrected chi connectivity index (χ2v) is 3.83. The number of hydrogen-bond acceptors (Lipinski definition) is 3. The Kier molecular flexibility index (Phi) is 2.60. The van der Waals surface area contributed by atoms with Crippen LogP contribution in [0.25, 0.3) is 11.3 Å². The van der Waals surface area contributed by atoms with E-state index >= 15 is 0 Å². The van der Waals surface area contributed by atoms with E-state index in [-0.39, 0.29) is 0 Å². The van der Waals surface area contributed by atoms with E-state index in [0.29, 0.717) is 4.64 Å². The summed E-state index contributed by atoms with van der Waals surface area (Å²) < 4.78 is 0.601. The summed E-state index contributed by atoms with van der Waals surface area (Å²) in [4.78, 5) is 11.4. The minimum Gasteiger partial charge on any atom is -0.343 e. The van der Waals surface area contributed by atoms with Crippen LogP contribution in [0.15, 0.2) is 24.5 Å². The topological polar surface area (TPSA) is 41.6 Å². The fourth-order valence-electron chi connectivity index (χ4n) is 1.47. The highest BCUT2D eigenvalue weighted by molar-refractivity contribution is 7.71. The lowest BCUT2D eigenvalue weighted by Gasteiger charge is -2.05. The number of aryl methyl sites for hydroxylation is 2. The molecule has 0 saturated heterocycles. The summed E-state index contributed by atoms with van der Waals surface area (Å²) in [6.45, 7) is 3.94. The van der Waals surface area contributed by atoms with Crippen LogP contribution in [-0.4, -0.2) is 15.0 Å². The molecule has 0 unspecified atom stereocenters. The lowest BCUT2D eigenvalue weighted by atomic mass is 10.1. The summed E-state index contributed by atoms with van der Waals surface area (Å²) in [6.07, 6.45) is 3.61. The van der Waals surface area contributed by atoms with Crippen molar-refractivity contribution in [1.29, 1.82) is 0 Å². The third-order valence-corrected chi connectivity index (χ3v) is 2.40. The third kappa shape index (κ3) is 2.10. The van der Waals surface area contributed by atoms with E-state index in [0.717, 1.165) is 17.1 Å². The number of aromatic amines is 1. The van der Waals surface area contributed by atoms with Gasteiger partial charge in [-0.15, -0.1) is 0 Å². The number of H-pyrrole nitrogens is 1. The number of aromatic nitrogens is 3. The van der Waals surface area contributed by atoms with Crippen LogP contribution in [0.3, 0.4) is 0 Å². The molecule has 2 rings (SSSR count). The van der Waals surface area contributed by atoms with Gasteiger partial charge >= 0.3 is 0 Å². The standard InChI is InChI=1S/C11H11N3S/c1-7-3-4-12-6-9(7)10-5-11(15)14-8(2)13-10/h3-6H,1-2H3,(H,13,14,15). The van der Waals surface area contributed by atoms with Gasteiger partial charge in [-0.1, -0.05) is 12.2 Å². The lowest BCUT2D eigenvalue weighted by molar-refractivity contribution is 1.04. The Morgan fingerprint density at radius 2 is 2.13 bits per heavy atom. The molecule has 0 bridgehead atoms. The van der Waals surface area contributed by atoms with Gasteiger partial charge in [-0.3, -0.25) is 4.98 Å². The molecule has 2 aromatic heterocycles. The van der Waals surface area contributed by atoms with Gasteiger partial charge in [0.1, 0.15) is 10.5 Å². The molecule has 4 heteroatoms. The number of rotatable bonds is 1. The molecule has 76 valence electrons. The van der Waals surface area contributed by atoms with Gasteiger partial charge in [-0.05, 0) is 31.5 Å². The maximum atomic E-state index is 5.08. The molecule has 2 heterocycles. The van der Waals surface area contributed by atoms with Crippen molar-refractivity contribution in [2.24, 2.45) is 0 Å². The van der Waals surface area contributed by atoms with Crippen LogP contribution in [0.2, 0.25) is 0 Å². The molecule has 0 aliphatic carbocycles. The summed E-state index contributed by atoms with van der Waals surface area (Å²) in [7, 11) is 0. The van der Waals surface area contributed by atoms with Crippen LogP contribution >= 0.6 is 12.2 Å². The molecule has 0 atom stereocenters. The van der Waals surface area contributed by atoms with Crippen molar-refractivity contribution in [2.45, 2.75) is 13.8 Å². The smallest absolute Gasteiger partial charge is 0.130 e. The van der Waals surface area contributed by atoms with Crippen LogP contribution in [0.4, 0.5) is 0 Å². The summed E-state index contributed by atoms with van der Waals surface area (Å²) in [5.41, 5.74) is 3.20. The summed E-state index contributed by atoms with van der Waals surface area (Å²) in [5, 5.41) is 0. The van der Waals surface area contributed by atoms with E-state index in [1.807, 2.05) is 32.2 Å². The fraction of sp³-hybridized carbons (Fsp3) is 0.182. The van der Waals surface area contributed by atoms with Gasteiger partial charge in [-0.2, -0.15) is 0 Å². The summed E-state index contributed by atoms with van der Waals surface area (Å²) in [5.74, 6) is 0.820. The van der Waals surface area contributed by atoms with Crippen LogP contribution in [0.5, 0.6) is 0 Å². The molecule has 0 amide bonds. The minimum atomic E-state index is 0.601. The van der Waals surface area contributed by atoms with E-state index in [9.17, 15) is 0 Å². The third-order valence-electron chi connectivity index (χ3n) is 2.19. The monoisotopic (exact) mass is 217 g/mol. The average molecular weight is 217 g/mol. The van der Waals surface area contributed by atoms with E-state index in [2.05, 4.69) is 15.0 Å². The lowest BCUT2D eigenvalue weighted by Crippen LogP contribution is -1.93.